The largest absolute Gasteiger partial charge is 0.416 e. The maximum atomic E-state index is 12.7. The van der Waals surface area contributed by atoms with E-state index in [9.17, 15) is 18.0 Å². The lowest BCUT2D eigenvalue weighted by Gasteiger charge is -2.18. The molecule has 6 heteroatoms. The van der Waals surface area contributed by atoms with Gasteiger partial charge in [0.15, 0.2) is 0 Å². The number of nitrogens with one attached hydrogen (secondary N) is 2. The Morgan fingerprint density at radius 3 is 2.39 bits per heavy atom. The Morgan fingerprint density at radius 2 is 1.78 bits per heavy atom. The molecule has 2 aromatic rings. The molecule has 0 spiro atoms. The lowest BCUT2D eigenvalue weighted by Crippen LogP contribution is -2.32. The predicted octanol–water partition coefficient (Wildman–Crippen LogP) is 4.98. The van der Waals surface area contributed by atoms with Crippen LogP contribution < -0.4 is 10.6 Å². The summed E-state index contributed by atoms with van der Waals surface area (Å²) >= 11 is 0. The summed E-state index contributed by atoms with van der Waals surface area (Å²) in [5.74, 6) is 0. The van der Waals surface area contributed by atoms with Gasteiger partial charge in [-0.05, 0) is 30.2 Å². The minimum Gasteiger partial charge on any atom is -0.331 e. The molecule has 0 bridgehead atoms. The average Bonchev–Trinajstić information content (AvgIpc) is 2.53. The van der Waals surface area contributed by atoms with Crippen LogP contribution in [0.15, 0.2) is 54.6 Å². The summed E-state index contributed by atoms with van der Waals surface area (Å²) in [7, 11) is 0. The van der Waals surface area contributed by atoms with E-state index in [0.717, 1.165) is 17.7 Å². The van der Waals surface area contributed by atoms with Gasteiger partial charge >= 0.3 is 12.2 Å². The quantitative estimate of drug-likeness (QED) is 0.819. The minimum absolute atomic E-state index is 0.0974. The second kappa shape index (κ2) is 7.17. The van der Waals surface area contributed by atoms with Crippen LogP contribution in [-0.2, 0) is 6.18 Å². The van der Waals surface area contributed by atoms with E-state index in [1.165, 1.54) is 12.1 Å². The van der Waals surface area contributed by atoms with E-state index in [0.29, 0.717) is 6.42 Å². The van der Waals surface area contributed by atoms with Crippen LogP contribution in [0.1, 0.15) is 30.5 Å². The van der Waals surface area contributed by atoms with Gasteiger partial charge < -0.3 is 10.6 Å². The van der Waals surface area contributed by atoms with Crippen LogP contribution in [0.3, 0.4) is 0 Å². The Hall–Kier alpha value is -2.50. The van der Waals surface area contributed by atoms with Crippen molar-refractivity contribution in [1.29, 1.82) is 0 Å². The van der Waals surface area contributed by atoms with Crippen LogP contribution in [0.2, 0.25) is 0 Å². The molecule has 0 unspecified atom stereocenters. The highest BCUT2D eigenvalue weighted by Gasteiger charge is 2.30. The number of hydrogen-bond acceptors (Lipinski definition) is 1. The highest BCUT2D eigenvalue weighted by molar-refractivity contribution is 5.89. The molecule has 0 aromatic heterocycles. The maximum absolute atomic E-state index is 12.7. The number of hydrogen-bond donors (Lipinski definition) is 2. The summed E-state index contributed by atoms with van der Waals surface area (Å²) in [5, 5.41) is 5.20. The van der Waals surface area contributed by atoms with Crippen molar-refractivity contribution < 1.29 is 18.0 Å². The van der Waals surface area contributed by atoms with Crippen LogP contribution in [-0.4, -0.2) is 6.03 Å². The number of carbonyl (C=O) groups excluding carboxylic acids is 1. The summed E-state index contributed by atoms with van der Waals surface area (Å²) in [6.07, 6.45) is -3.77. The van der Waals surface area contributed by atoms with Gasteiger partial charge in [0.05, 0.1) is 11.6 Å². The zero-order chi connectivity index (χ0) is 16.9. The van der Waals surface area contributed by atoms with E-state index in [-0.39, 0.29) is 11.7 Å². The van der Waals surface area contributed by atoms with Gasteiger partial charge in [-0.1, -0.05) is 43.3 Å². The summed E-state index contributed by atoms with van der Waals surface area (Å²) < 4.78 is 38.0. The third kappa shape index (κ3) is 4.74. The molecule has 2 amide bonds. The van der Waals surface area contributed by atoms with Crippen molar-refractivity contribution in [3.8, 4) is 0 Å². The number of amides is 2. The molecular weight excluding hydrogens is 305 g/mol. The lowest BCUT2D eigenvalue weighted by atomic mass is 10.1. The first-order valence-corrected chi connectivity index (χ1v) is 7.20. The number of benzene rings is 2. The molecule has 2 N–H and O–H groups in total. The van der Waals surface area contributed by atoms with Crippen LogP contribution in [0.25, 0.3) is 0 Å². The second-order valence-corrected chi connectivity index (χ2v) is 5.05. The molecule has 0 heterocycles. The SMILES string of the molecule is CC[C@H](NC(=O)Nc1cccc(C(F)(F)F)c1)c1ccccc1. The molecule has 0 radical (unpaired) electrons. The number of halogens is 3. The molecule has 3 nitrogen and oxygen atoms in total. The monoisotopic (exact) mass is 322 g/mol. The summed E-state index contributed by atoms with van der Waals surface area (Å²) in [4.78, 5) is 12.0. The number of carbonyl (C=O) groups is 1. The predicted molar refractivity (Wildman–Crippen MR) is 83.1 cm³/mol. The van der Waals surface area contributed by atoms with Crippen LogP contribution in [0.5, 0.6) is 0 Å². The van der Waals surface area contributed by atoms with Crippen molar-refractivity contribution in [3.05, 3.63) is 65.7 Å². The van der Waals surface area contributed by atoms with E-state index in [2.05, 4.69) is 10.6 Å². The van der Waals surface area contributed by atoms with Gasteiger partial charge in [-0.25, -0.2) is 4.79 Å². The average molecular weight is 322 g/mol. The third-order valence-electron chi connectivity index (χ3n) is 3.36. The fraction of sp³-hybridized carbons (Fsp3) is 0.235. The molecule has 0 fully saturated rings. The van der Waals surface area contributed by atoms with Gasteiger partial charge in [-0.15, -0.1) is 0 Å². The first kappa shape index (κ1) is 16.9. The molecule has 2 rings (SSSR count). The van der Waals surface area contributed by atoms with Gasteiger partial charge in [0.1, 0.15) is 0 Å². The standard InChI is InChI=1S/C17H17F3N2O/c1-2-15(12-7-4-3-5-8-12)22-16(23)21-14-10-6-9-13(11-14)17(18,19)20/h3-11,15H,2H2,1H3,(H2,21,22,23)/t15-/m0/s1. The number of rotatable bonds is 4. The fourth-order valence-corrected chi connectivity index (χ4v) is 2.21. The van der Waals surface area contributed by atoms with Crippen molar-refractivity contribution in [2.24, 2.45) is 0 Å². The van der Waals surface area contributed by atoms with Crippen LogP contribution >= 0.6 is 0 Å². The van der Waals surface area contributed by atoms with Gasteiger partial charge in [0, 0.05) is 5.69 Å². The lowest BCUT2D eigenvalue weighted by molar-refractivity contribution is -0.137. The number of anilines is 1. The Balaban J connectivity index is 2.04. The Labute approximate surface area is 132 Å². The molecule has 23 heavy (non-hydrogen) atoms. The normalized spacial score (nSPS) is 12.5. The van der Waals surface area contributed by atoms with Crippen molar-refractivity contribution in [1.82, 2.24) is 5.32 Å². The highest BCUT2D eigenvalue weighted by atomic mass is 19.4. The van der Waals surface area contributed by atoms with Crippen molar-refractivity contribution in [3.63, 3.8) is 0 Å². The van der Waals surface area contributed by atoms with Crippen molar-refractivity contribution >= 4 is 11.7 Å². The van der Waals surface area contributed by atoms with E-state index < -0.39 is 17.8 Å². The van der Waals surface area contributed by atoms with E-state index in [1.807, 2.05) is 37.3 Å². The third-order valence-corrected chi connectivity index (χ3v) is 3.36. The molecule has 0 aliphatic rings. The maximum Gasteiger partial charge on any atom is 0.416 e. The Bertz CT molecular complexity index is 656. The van der Waals surface area contributed by atoms with Gasteiger partial charge in [0.2, 0.25) is 0 Å². The smallest absolute Gasteiger partial charge is 0.331 e. The molecule has 1 atom stereocenters. The molecular formula is C17H17F3N2O. The number of urea groups is 1. The molecule has 2 aromatic carbocycles. The minimum atomic E-state index is -4.44. The van der Waals surface area contributed by atoms with Gasteiger partial charge in [0.25, 0.3) is 0 Å². The summed E-state index contributed by atoms with van der Waals surface area (Å²) in [6.45, 7) is 1.92. The molecule has 0 saturated carbocycles. The van der Waals surface area contributed by atoms with E-state index in [1.54, 1.807) is 0 Å². The fourth-order valence-electron chi connectivity index (χ4n) is 2.21. The number of alkyl halides is 3. The Morgan fingerprint density at radius 1 is 1.09 bits per heavy atom. The van der Waals surface area contributed by atoms with E-state index >= 15 is 0 Å². The second-order valence-electron chi connectivity index (χ2n) is 5.05. The molecule has 122 valence electrons. The highest BCUT2D eigenvalue weighted by Crippen LogP contribution is 2.30. The zero-order valence-electron chi connectivity index (χ0n) is 12.5. The van der Waals surface area contributed by atoms with Crippen molar-refractivity contribution in [2.45, 2.75) is 25.6 Å². The summed E-state index contributed by atoms with van der Waals surface area (Å²) in [5.41, 5.74) is 0.236. The Kier molecular flexibility index (Phi) is 5.26. The first-order chi connectivity index (χ1) is 10.9. The summed E-state index contributed by atoms with van der Waals surface area (Å²) in [6, 6.07) is 13.2. The topological polar surface area (TPSA) is 41.1 Å². The van der Waals surface area contributed by atoms with Gasteiger partial charge in [-0.2, -0.15) is 13.2 Å². The van der Waals surface area contributed by atoms with Crippen LogP contribution in [0.4, 0.5) is 23.7 Å². The molecule has 0 saturated heterocycles. The van der Waals surface area contributed by atoms with Gasteiger partial charge in [-0.3, -0.25) is 0 Å². The van der Waals surface area contributed by atoms with E-state index in [4.69, 9.17) is 0 Å². The molecule has 0 aliphatic heterocycles. The zero-order valence-corrected chi connectivity index (χ0v) is 12.5. The first-order valence-electron chi connectivity index (χ1n) is 7.20. The molecule has 0 aliphatic carbocycles. The van der Waals surface area contributed by atoms with Crippen LogP contribution in [0, 0.1) is 0 Å². The van der Waals surface area contributed by atoms with Crippen molar-refractivity contribution in [2.75, 3.05) is 5.32 Å².